The van der Waals surface area contributed by atoms with E-state index in [1.165, 1.54) is 0 Å². The summed E-state index contributed by atoms with van der Waals surface area (Å²) >= 11 is 0. The van der Waals surface area contributed by atoms with Gasteiger partial charge >= 0.3 is 6.09 Å². The average molecular weight is 329 g/mol. The number of benzene rings is 1. The normalized spacial score (nSPS) is 11.2. The van der Waals surface area contributed by atoms with Gasteiger partial charge in [-0.15, -0.1) is 20.4 Å². The number of ether oxygens (including phenoxy) is 1. The van der Waals surface area contributed by atoms with Crippen molar-refractivity contribution in [3.8, 4) is 11.4 Å². The minimum atomic E-state index is -0.334. The van der Waals surface area contributed by atoms with E-state index in [4.69, 9.17) is 4.74 Å². The third-order valence-electron chi connectivity index (χ3n) is 3.60. The van der Waals surface area contributed by atoms with Crippen LogP contribution in [0.5, 0.6) is 0 Å². The maximum Gasteiger partial charge on any atom is 0.409 e. The minimum Gasteiger partial charge on any atom is -0.449 e. The molecule has 0 aliphatic heterocycles. The largest absolute Gasteiger partial charge is 0.449 e. The Labute approximate surface area is 142 Å². The summed E-state index contributed by atoms with van der Waals surface area (Å²) < 4.78 is 5.24. The molecule has 0 fully saturated rings. The lowest BCUT2D eigenvalue weighted by molar-refractivity contribution is 0.0804. The molecule has 24 heavy (non-hydrogen) atoms. The first kappa shape index (κ1) is 17.8. The van der Waals surface area contributed by atoms with Crippen molar-refractivity contribution in [3.05, 3.63) is 36.2 Å². The van der Waals surface area contributed by atoms with Crippen LogP contribution in [0.4, 0.5) is 4.79 Å². The Hall–Kier alpha value is -2.57. The van der Waals surface area contributed by atoms with Crippen molar-refractivity contribution in [2.24, 2.45) is 0 Å². The van der Waals surface area contributed by atoms with Gasteiger partial charge in [-0.05, 0) is 27.2 Å². The van der Waals surface area contributed by atoms with E-state index in [-0.39, 0.29) is 11.6 Å². The molecule has 0 atom stereocenters. The maximum atomic E-state index is 11.9. The van der Waals surface area contributed by atoms with Crippen LogP contribution in [0.2, 0.25) is 0 Å². The van der Waals surface area contributed by atoms with E-state index >= 15 is 0 Å². The van der Waals surface area contributed by atoms with E-state index in [1.807, 2.05) is 51.1 Å². The number of aryl methyl sites for hydroxylation is 1. The van der Waals surface area contributed by atoms with Crippen molar-refractivity contribution in [2.75, 3.05) is 13.7 Å². The Kier molecular flexibility index (Phi) is 5.78. The van der Waals surface area contributed by atoms with Crippen LogP contribution in [0.3, 0.4) is 0 Å². The van der Waals surface area contributed by atoms with Crippen LogP contribution in [-0.2, 0) is 11.2 Å². The standard InChI is InChI=1S/C17H23N5O2/c1-17(2,3)22(4)16(23)24-12-8-11-14-18-20-15(21-19-14)13-9-6-5-7-10-13/h5-7,9-10H,8,11-12H2,1-4H3. The summed E-state index contributed by atoms with van der Waals surface area (Å²) in [5.41, 5.74) is 0.615. The molecule has 7 heteroatoms. The monoisotopic (exact) mass is 329 g/mol. The lowest BCUT2D eigenvalue weighted by Crippen LogP contribution is -2.42. The number of hydrogen-bond acceptors (Lipinski definition) is 6. The smallest absolute Gasteiger partial charge is 0.409 e. The zero-order chi connectivity index (χ0) is 17.6. The maximum absolute atomic E-state index is 11.9. The molecule has 0 spiro atoms. The predicted molar refractivity (Wildman–Crippen MR) is 90.2 cm³/mol. The topological polar surface area (TPSA) is 81.1 Å². The summed E-state index contributed by atoms with van der Waals surface area (Å²) in [4.78, 5) is 13.4. The van der Waals surface area contributed by atoms with Crippen molar-refractivity contribution in [3.63, 3.8) is 0 Å². The lowest BCUT2D eigenvalue weighted by Gasteiger charge is -2.30. The van der Waals surface area contributed by atoms with Gasteiger partial charge < -0.3 is 9.64 Å². The van der Waals surface area contributed by atoms with Crippen LogP contribution in [-0.4, -0.2) is 50.6 Å². The van der Waals surface area contributed by atoms with Crippen molar-refractivity contribution in [1.29, 1.82) is 0 Å². The molecule has 1 aromatic carbocycles. The number of carbonyl (C=O) groups is 1. The summed E-state index contributed by atoms with van der Waals surface area (Å²) in [6, 6.07) is 9.56. The van der Waals surface area contributed by atoms with Gasteiger partial charge in [0.25, 0.3) is 0 Å². The highest BCUT2D eigenvalue weighted by Gasteiger charge is 2.23. The van der Waals surface area contributed by atoms with E-state index in [0.29, 0.717) is 31.1 Å². The third-order valence-corrected chi connectivity index (χ3v) is 3.60. The van der Waals surface area contributed by atoms with Gasteiger partial charge in [-0.3, -0.25) is 0 Å². The summed E-state index contributed by atoms with van der Waals surface area (Å²) in [6.07, 6.45) is 0.846. The highest BCUT2D eigenvalue weighted by atomic mass is 16.6. The van der Waals surface area contributed by atoms with Gasteiger partial charge in [0, 0.05) is 24.6 Å². The van der Waals surface area contributed by atoms with Gasteiger partial charge in [-0.1, -0.05) is 30.3 Å². The summed E-state index contributed by atoms with van der Waals surface area (Å²) in [5, 5.41) is 16.3. The van der Waals surface area contributed by atoms with E-state index in [1.54, 1.807) is 11.9 Å². The van der Waals surface area contributed by atoms with Crippen LogP contribution < -0.4 is 0 Å². The molecule has 0 bridgehead atoms. The molecule has 1 aromatic heterocycles. The van der Waals surface area contributed by atoms with E-state index in [9.17, 15) is 4.79 Å². The van der Waals surface area contributed by atoms with Crippen LogP contribution in [0.25, 0.3) is 11.4 Å². The Morgan fingerprint density at radius 1 is 1.08 bits per heavy atom. The third kappa shape index (κ3) is 4.97. The first-order valence-electron chi connectivity index (χ1n) is 7.90. The van der Waals surface area contributed by atoms with Gasteiger partial charge in [-0.25, -0.2) is 4.79 Å². The van der Waals surface area contributed by atoms with Crippen molar-refractivity contribution < 1.29 is 9.53 Å². The molecular weight excluding hydrogens is 306 g/mol. The molecule has 1 heterocycles. The molecule has 7 nitrogen and oxygen atoms in total. The van der Waals surface area contributed by atoms with Crippen molar-refractivity contribution >= 4 is 6.09 Å². The summed E-state index contributed by atoms with van der Waals surface area (Å²) in [7, 11) is 1.72. The Bertz CT molecular complexity index is 653. The minimum absolute atomic E-state index is 0.263. The molecule has 0 N–H and O–H groups in total. The van der Waals surface area contributed by atoms with E-state index in [2.05, 4.69) is 20.4 Å². The molecule has 0 aliphatic rings. The molecule has 2 rings (SSSR count). The Balaban J connectivity index is 1.78. The Morgan fingerprint density at radius 3 is 2.29 bits per heavy atom. The molecule has 0 saturated heterocycles. The molecule has 0 saturated carbocycles. The fourth-order valence-electron chi connectivity index (χ4n) is 1.81. The van der Waals surface area contributed by atoms with Crippen molar-refractivity contribution in [1.82, 2.24) is 25.3 Å². The van der Waals surface area contributed by atoms with Crippen LogP contribution in [0.1, 0.15) is 33.0 Å². The highest BCUT2D eigenvalue weighted by Crippen LogP contribution is 2.12. The number of carbonyl (C=O) groups excluding carboxylic acids is 1. The molecule has 128 valence electrons. The molecule has 0 radical (unpaired) electrons. The second kappa shape index (κ2) is 7.81. The van der Waals surface area contributed by atoms with Crippen LogP contribution >= 0.6 is 0 Å². The average Bonchev–Trinajstić information content (AvgIpc) is 2.58. The second-order valence-corrected chi connectivity index (χ2v) is 6.45. The molecular formula is C17H23N5O2. The highest BCUT2D eigenvalue weighted by molar-refractivity contribution is 5.68. The van der Waals surface area contributed by atoms with E-state index in [0.717, 1.165) is 5.56 Å². The SMILES string of the molecule is CN(C(=O)OCCCc1nnc(-c2ccccc2)nn1)C(C)(C)C. The van der Waals surface area contributed by atoms with Gasteiger partial charge in [0.2, 0.25) is 5.82 Å². The van der Waals surface area contributed by atoms with Crippen LogP contribution in [0, 0.1) is 0 Å². The first-order chi connectivity index (χ1) is 11.4. The molecule has 1 amide bonds. The Morgan fingerprint density at radius 2 is 1.71 bits per heavy atom. The fraction of sp³-hybridized carbons (Fsp3) is 0.471. The predicted octanol–water partition coefficient (Wildman–Crippen LogP) is 2.73. The van der Waals surface area contributed by atoms with Gasteiger partial charge in [0.05, 0.1) is 6.61 Å². The second-order valence-electron chi connectivity index (χ2n) is 6.45. The first-order valence-corrected chi connectivity index (χ1v) is 7.90. The number of amides is 1. The number of rotatable bonds is 5. The number of aromatic nitrogens is 4. The molecule has 0 aliphatic carbocycles. The summed E-state index contributed by atoms with van der Waals surface area (Å²) in [5.74, 6) is 1.03. The summed E-state index contributed by atoms with van der Waals surface area (Å²) in [6.45, 7) is 6.16. The quantitative estimate of drug-likeness (QED) is 0.785. The lowest BCUT2D eigenvalue weighted by atomic mass is 10.1. The van der Waals surface area contributed by atoms with E-state index < -0.39 is 0 Å². The van der Waals surface area contributed by atoms with Crippen molar-refractivity contribution in [2.45, 2.75) is 39.2 Å². The number of hydrogen-bond donors (Lipinski definition) is 0. The van der Waals surface area contributed by atoms with Gasteiger partial charge in [0.15, 0.2) is 5.82 Å². The number of nitrogens with zero attached hydrogens (tertiary/aromatic N) is 5. The van der Waals surface area contributed by atoms with Gasteiger partial charge in [-0.2, -0.15) is 0 Å². The molecule has 0 unspecified atom stereocenters. The zero-order valence-electron chi connectivity index (χ0n) is 14.6. The van der Waals surface area contributed by atoms with Gasteiger partial charge in [0.1, 0.15) is 0 Å². The fourth-order valence-corrected chi connectivity index (χ4v) is 1.81. The zero-order valence-corrected chi connectivity index (χ0v) is 14.6. The molecule has 2 aromatic rings. The van der Waals surface area contributed by atoms with Crippen LogP contribution in [0.15, 0.2) is 30.3 Å².